The minimum Gasteiger partial charge on any atom is -0.481 e. The Kier molecular flexibility index (Phi) is 2.22. The van der Waals surface area contributed by atoms with E-state index in [1.165, 1.54) is 0 Å². The first-order valence-corrected chi connectivity index (χ1v) is 5.43. The molecule has 0 unspecified atom stereocenters. The molecule has 0 fully saturated rings. The van der Waals surface area contributed by atoms with Crippen LogP contribution in [-0.4, -0.2) is 41.4 Å². The van der Waals surface area contributed by atoms with E-state index in [1.54, 1.807) is 0 Å². The molecule has 0 saturated carbocycles. The predicted molar refractivity (Wildman–Crippen MR) is 62.0 cm³/mol. The van der Waals surface area contributed by atoms with Crippen LogP contribution in [-0.2, 0) is 11.2 Å². The molecule has 92 valence electrons. The quantitative estimate of drug-likeness (QED) is 0.620. The van der Waals surface area contributed by atoms with Crippen molar-refractivity contribution in [3.05, 3.63) is 11.5 Å². The predicted octanol–water partition coefficient (Wildman–Crippen LogP) is 0.555. The van der Waals surface area contributed by atoms with E-state index in [2.05, 4.69) is 30.4 Å². The van der Waals surface area contributed by atoms with E-state index in [-0.39, 0.29) is 6.42 Å². The Balaban J connectivity index is 2.13. The van der Waals surface area contributed by atoms with Gasteiger partial charge in [0.2, 0.25) is 5.65 Å². The van der Waals surface area contributed by atoms with Crippen molar-refractivity contribution >= 4 is 28.2 Å². The molecule has 8 heteroatoms. The van der Waals surface area contributed by atoms with Gasteiger partial charge in [-0.3, -0.25) is 9.89 Å². The number of nitrogens with zero attached hydrogens (tertiary/aromatic N) is 4. The Morgan fingerprint density at radius 2 is 2.11 bits per heavy atom. The van der Waals surface area contributed by atoms with Gasteiger partial charge >= 0.3 is 5.97 Å². The maximum atomic E-state index is 10.5. The van der Waals surface area contributed by atoms with Crippen LogP contribution in [0.4, 0.5) is 0 Å². The van der Waals surface area contributed by atoms with E-state index in [0.717, 1.165) is 11.1 Å². The number of hydrogen-bond acceptors (Lipinski definition) is 5. The lowest BCUT2D eigenvalue weighted by Crippen LogP contribution is -1.98. The van der Waals surface area contributed by atoms with Crippen LogP contribution in [0.5, 0.6) is 0 Å². The van der Waals surface area contributed by atoms with Crippen molar-refractivity contribution in [2.75, 3.05) is 0 Å². The molecular weight excluding hydrogens is 236 g/mol. The zero-order valence-electron chi connectivity index (χ0n) is 9.56. The summed E-state index contributed by atoms with van der Waals surface area (Å²) in [5.74, 6) is -0.388. The third-order valence-corrected chi connectivity index (χ3v) is 2.71. The van der Waals surface area contributed by atoms with E-state index in [4.69, 9.17) is 5.11 Å². The summed E-state index contributed by atoms with van der Waals surface area (Å²) < 4.78 is 0. The first-order valence-electron chi connectivity index (χ1n) is 5.43. The molecule has 0 aliphatic carbocycles. The molecule has 18 heavy (non-hydrogen) atoms. The van der Waals surface area contributed by atoms with Crippen molar-refractivity contribution in [1.82, 2.24) is 30.4 Å². The fraction of sp³-hybridized carbons (Fsp3) is 0.300. The molecule has 0 aliphatic rings. The fourth-order valence-electron chi connectivity index (χ4n) is 1.86. The van der Waals surface area contributed by atoms with Gasteiger partial charge in [-0.05, 0) is 6.92 Å². The Hall–Kier alpha value is -2.51. The molecule has 0 saturated heterocycles. The second-order valence-electron chi connectivity index (χ2n) is 4.00. The molecule has 3 rings (SSSR count). The normalized spacial score (nSPS) is 11.4. The van der Waals surface area contributed by atoms with Crippen LogP contribution >= 0.6 is 0 Å². The van der Waals surface area contributed by atoms with E-state index < -0.39 is 5.97 Å². The van der Waals surface area contributed by atoms with E-state index in [0.29, 0.717) is 29.1 Å². The molecule has 3 heterocycles. The summed E-state index contributed by atoms with van der Waals surface area (Å²) in [5, 5.41) is 23.2. The molecule has 8 nitrogen and oxygen atoms in total. The smallest absolute Gasteiger partial charge is 0.303 e. The highest BCUT2D eigenvalue weighted by Crippen LogP contribution is 2.21. The first-order chi connectivity index (χ1) is 8.65. The Bertz CT molecular complexity index is 743. The molecule has 0 radical (unpaired) electrons. The van der Waals surface area contributed by atoms with Gasteiger partial charge in [-0.2, -0.15) is 0 Å². The average molecular weight is 246 g/mol. The molecule has 0 atom stereocenters. The third kappa shape index (κ3) is 1.58. The molecule has 3 aromatic rings. The number of imidazole rings is 1. The minimum absolute atomic E-state index is 0.00510. The van der Waals surface area contributed by atoms with Gasteiger partial charge in [0.05, 0.1) is 11.8 Å². The topological polar surface area (TPSA) is 120 Å². The number of hydrogen-bond donors (Lipinski definition) is 3. The van der Waals surface area contributed by atoms with Crippen molar-refractivity contribution in [1.29, 1.82) is 0 Å². The largest absolute Gasteiger partial charge is 0.481 e. The summed E-state index contributed by atoms with van der Waals surface area (Å²) in [7, 11) is 0. The van der Waals surface area contributed by atoms with Crippen molar-refractivity contribution in [2.45, 2.75) is 19.8 Å². The molecule has 3 N–H and O–H groups in total. The second kappa shape index (κ2) is 3.76. The van der Waals surface area contributed by atoms with Gasteiger partial charge in [-0.1, -0.05) is 0 Å². The van der Waals surface area contributed by atoms with Crippen LogP contribution in [0.3, 0.4) is 0 Å². The summed E-state index contributed by atoms with van der Waals surface area (Å²) in [5.41, 5.74) is 2.61. The third-order valence-electron chi connectivity index (χ3n) is 2.71. The van der Waals surface area contributed by atoms with E-state index in [1.807, 2.05) is 6.92 Å². The fourth-order valence-corrected chi connectivity index (χ4v) is 1.86. The number of fused-ring (bicyclic) bond motifs is 3. The van der Waals surface area contributed by atoms with Gasteiger partial charge in [0.15, 0.2) is 5.65 Å². The van der Waals surface area contributed by atoms with E-state index >= 15 is 0 Å². The Morgan fingerprint density at radius 3 is 2.89 bits per heavy atom. The Morgan fingerprint density at radius 1 is 1.28 bits per heavy atom. The number of aromatic nitrogens is 6. The number of carboxylic acids is 1. The number of nitrogens with one attached hydrogen (secondary N) is 2. The maximum Gasteiger partial charge on any atom is 0.303 e. The van der Waals surface area contributed by atoms with Crippen molar-refractivity contribution in [3.8, 4) is 0 Å². The van der Waals surface area contributed by atoms with Gasteiger partial charge in [-0.15, -0.1) is 10.2 Å². The molecule has 0 spiro atoms. The number of aryl methyl sites for hydroxylation is 2. The lowest BCUT2D eigenvalue weighted by atomic mass is 10.3. The maximum absolute atomic E-state index is 10.5. The standard InChI is InChI=1S/C10H10N6O2/c1-4-7-8-10(16-15-9(7)14-13-4)12-5(11-8)2-3-6(17)18/h2-3H2,1H3,(H,17,18)(H2,13,14,15). The minimum atomic E-state index is -0.869. The van der Waals surface area contributed by atoms with Gasteiger partial charge in [0.1, 0.15) is 11.3 Å². The van der Waals surface area contributed by atoms with Gasteiger partial charge in [0, 0.05) is 12.1 Å². The lowest BCUT2D eigenvalue weighted by molar-refractivity contribution is -0.137. The summed E-state index contributed by atoms with van der Waals surface area (Å²) in [6.45, 7) is 1.89. The second-order valence-corrected chi connectivity index (χ2v) is 4.00. The highest BCUT2D eigenvalue weighted by atomic mass is 16.4. The average Bonchev–Trinajstić information content (AvgIpc) is 2.89. The van der Waals surface area contributed by atoms with Gasteiger partial charge in [-0.25, -0.2) is 9.97 Å². The number of aromatic amines is 2. The van der Waals surface area contributed by atoms with Crippen molar-refractivity contribution < 1.29 is 9.90 Å². The molecule has 0 amide bonds. The molecule has 3 aromatic heterocycles. The summed E-state index contributed by atoms with van der Waals surface area (Å²) >= 11 is 0. The van der Waals surface area contributed by atoms with Crippen LogP contribution in [0, 0.1) is 6.92 Å². The molecule has 0 bridgehead atoms. The van der Waals surface area contributed by atoms with Crippen molar-refractivity contribution in [2.24, 2.45) is 0 Å². The zero-order valence-corrected chi connectivity index (χ0v) is 9.56. The van der Waals surface area contributed by atoms with Crippen LogP contribution in [0.15, 0.2) is 0 Å². The number of carboxylic acid groups (broad SMARTS) is 1. The Labute approximate surface area is 100 Å². The van der Waals surface area contributed by atoms with E-state index in [9.17, 15) is 4.79 Å². The van der Waals surface area contributed by atoms with Gasteiger partial charge in [0.25, 0.3) is 0 Å². The molecule has 0 aromatic carbocycles. The molecular formula is C10H10N6O2. The number of aliphatic carboxylic acids is 1. The molecule has 0 aliphatic heterocycles. The SMILES string of the molecule is Cc1[nH][nH]c2nnc3nc(CCC(=O)O)nc3c12. The first kappa shape index (κ1) is 10.6. The monoisotopic (exact) mass is 246 g/mol. The van der Waals surface area contributed by atoms with Crippen LogP contribution in [0.25, 0.3) is 22.2 Å². The van der Waals surface area contributed by atoms with Gasteiger partial charge < -0.3 is 10.2 Å². The van der Waals surface area contributed by atoms with Crippen LogP contribution in [0.2, 0.25) is 0 Å². The van der Waals surface area contributed by atoms with Crippen molar-refractivity contribution in [3.63, 3.8) is 0 Å². The lowest BCUT2D eigenvalue weighted by Gasteiger charge is -1.89. The number of rotatable bonds is 3. The highest BCUT2D eigenvalue weighted by molar-refractivity contribution is 6.00. The summed E-state index contributed by atoms with van der Waals surface area (Å²) in [6, 6.07) is 0. The number of carbonyl (C=O) groups is 1. The summed E-state index contributed by atoms with van der Waals surface area (Å²) in [6.07, 6.45) is 0.297. The summed E-state index contributed by atoms with van der Waals surface area (Å²) in [4.78, 5) is 19.0. The van der Waals surface area contributed by atoms with Crippen LogP contribution in [0.1, 0.15) is 17.9 Å². The van der Waals surface area contributed by atoms with Crippen LogP contribution < -0.4 is 0 Å². The zero-order chi connectivity index (χ0) is 12.7. The number of H-pyrrole nitrogens is 2. The highest BCUT2D eigenvalue weighted by Gasteiger charge is 2.14.